The van der Waals surface area contributed by atoms with Crippen molar-refractivity contribution in [2.75, 3.05) is 6.61 Å². The van der Waals surface area contributed by atoms with E-state index in [0.717, 1.165) is 11.1 Å². The van der Waals surface area contributed by atoms with Crippen LogP contribution < -0.4 is 14.8 Å². The van der Waals surface area contributed by atoms with Crippen molar-refractivity contribution in [3.05, 3.63) is 57.6 Å². The predicted molar refractivity (Wildman–Crippen MR) is 116 cm³/mol. The quantitative estimate of drug-likeness (QED) is 0.479. The Morgan fingerprint density at radius 3 is 2.38 bits per heavy atom. The molecule has 2 aromatic rings. The molecule has 0 amide bonds. The van der Waals surface area contributed by atoms with E-state index in [9.17, 15) is 9.90 Å². The van der Waals surface area contributed by atoms with Gasteiger partial charge >= 0.3 is 5.97 Å². The van der Waals surface area contributed by atoms with Crippen LogP contribution in [0.5, 0.6) is 11.5 Å². The molecule has 1 unspecified atom stereocenters. The van der Waals surface area contributed by atoms with Crippen molar-refractivity contribution in [2.24, 2.45) is 5.92 Å². The molecule has 0 aromatic heterocycles. The Balaban J connectivity index is 2.16. The van der Waals surface area contributed by atoms with Gasteiger partial charge in [0.1, 0.15) is 12.6 Å². The van der Waals surface area contributed by atoms with E-state index in [1.54, 1.807) is 12.1 Å². The van der Waals surface area contributed by atoms with Crippen LogP contribution in [0.3, 0.4) is 0 Å². The lowest BCUT2D eigenvalue weighted by atomic mass is 10.0. The largest absolute Gasteiger partial charge is 0.490 e. The molecule has 29 heavy (non-hydrogen) atoms. The lowest BCUT2D eigenvalue weighted by Crippen LogP contribution is -2.37. The van der Waals surface area contributed by atoms with Gasteiger partial charge in [0, 0.05) is 28.2 Å². The number of benzene rings is 2. The summed E-state index contributed by atoms with van der Waals surface area (Å²) in [4.78, 5) is 11.5. The van der Waals surface area contributed by atoms with Gasteiger partial charge in [0.05, 0.1) is 6.61 Å². The van der Waals surface area contributed by atoms with E-state index >= 15 is 0 Å². The van der Waals surface area contributed by atoms with Crippen molar-refractivity contribution in [1.29, 1.82) is 0 Å². The summed E-state index contributed by atoms with van der Waals surface area (Å²) in [7, 11) is 0. The summed E-state index contributed by atoms with van der Waals surface area (Å²) in [5.74, 6) is 0.451. The topological polar surface area (TPSA) is 67.8 Å². The monoisotopic (exact) mass is 439 g/mol. The number of rotatable bonds is 11. The maximum absolute atomic E-state index is 11.5. The average molecular weight is 440 g/mol. The van der Waals surface area contributed by atoms with Crippen LogP contribution in [0.2, 0.25) is 10.0 Å². The van der Waals surface area contributed by atoms with Gasteiger partial charge in [-0.1, -0.05) is 55.2 Å². The highest BCUT2D eigenvalue weighted by Crippen LogP contribution is 2.34. The molecule has 5 nitrogen and oxygen atoms in total. The molecule has 0 saturated heterocycles. The number of nitrogens with one attached hydrogen (secondary N) is 1. The second-order valence-corrected chi connectivity index (χ2v) is 7.92. The SMILES string of the molecule is CCOc1cc(CNC(CC(C)C)C(=O)O)c(Cl)cc1OCc1ccccc1Cl. The molecule has 0 radical (unpaired) electrons. The van der Waals surface area contributed by atoms with Crippen molar-refractivity contribution in [3.8, 4) is 11.5 Å². The normalized spacial score (nSPS) is 12.1. The highest BCUT2D eigenvalue weighted by molar-refractivity contribution is 6.31. The van der Waals surface area contributed by atoms with Gasteiger partial charge < -0.3 is 19.9 Å². The molecule has 2 aromatic carbocycles. The zero-order valence-electron chi connectivity index (χ0n) is 16.9. The summed E-state index contributed by atoms with van der Waals surface area (Å²) in [5, 5.41) is 13.6. The van der Waals surface area contributed by atoms with E-state index < -0.39 is 12.0 Å². The summed E-state index contributed by atoms with van der Waals surface area (Å²) in [5.41, 5.74) is 1.60. The van der Waals surface area contributed by atoms with Gasteiger partial charge in [-0.3, -0.25) is 4.79 Å². The Labute approximate surface area is 181 Å². The highest BCUT2D eigenvalue weighted by Gasteiger charge is 2.19. The van der Waals surface area contributed by atoms with E-state index in [2.05, 4.69) is 5.32 Å². The Morgan fingerprint density at radius 2 is 1.76 bits per heavy atom. The van der Waals surface area contributed by atoms with Crippen LogP contribution in [-0.4, -0.2) is 23.7 Å². The summed E-state index contributed by atoms with van der Waals surface area (Å²) >= 11 is 12.6. The number of ether oxygens (including phenoxy) is 2. The van der Waals surface area contributed by atoms with Crippen LogP contribution in [0.25, 0.3) is 0 Å². The third-order valence-electron chi connectivity index (χ3n) is 4.30. The van der Waals surface area contributed by atoms with E-state index in [1.807, 2.05) is 45.0 Å². The molecule has 0 fully saturated rings. The minimum atomic E-state index is -0.875. The van der Waals surface area contributed by atoms with Crippen molar-refractivity contribution >= 4 is 29.2 Å². The molecule has 2 N–H and O–H groups in total. The fraction of sp³-hybridized carbons (Fsp3) is 0.409. The first kappa shape index (κ1) is 23.3. The molecule has 0 heterocycles. The van der Waals surface area contributed by atoms with Gasteiger partial charge in [-0.25, -0.2) is 0 Å². The Morgan fingerprint density at radius 1 is 1.07 bits per heavy atom. The second-order valence-electron chi connectivity index (χ2n) is 7.10. The molecule has 1 atom stereocenters. The van der Waals surface area contributed by atoms with Crippen molar-refractivity contribution in [2.45, 2.75) is 46.4 Å². The molecular weight excluding hydrogens is 413 g/mol. The Kier molecular flexibility index (Phi) is 9.08. The molecule has 0 saturated carbocycles. The zero-order chi connectivity index (χ0) is 21.4. The van der Waals surface area contributed by atoms with Gasteiger partial charge in [-0.2, -0.15) is 0 Å². The number of hydrogen-bond donors (Lipinski definition) is 2. The number of carboxylic acid groups (broad SMARTS) is 1. The summed E-state index contributed by atoms with van der Waals surface area (Å²) in [6, 6.07) is 10.3. The van der Waals surface area contributed by atoms with Gasteiger partial charge in [-0.15, -0.1) is 0 Å². The maximum Gasteiger partial charge on any atom is 0.320 e. The smallest absolute Gasteiger partial charge is 0.320 e. The molecule has 0 aliphatic carbocycles. The number of carbonyl (C=O) groups is 1. The van der Waals surface area contributed by atoms with E-state index in [4.69, 9.17) is 32.7 Å². The molecule has 0 aliphatic heterocycles. The predicted octanol–water partition coefficient (Wildman–Crippen LogP) is 5.56. The second kappa shape index (κ2) is 11.3. The fourth-order valence-corrected chi connectivity index (χ4v) is 3.25. The maximum atomic E-state index is 11.5. The number of halogens is 2. The molecular formula is C22H27Cl2NO4. The van der Waals surface area contributed by atoms with Crippen molar-refractivity contribution in [1.82, 2.24) is 5.32 Å². The van der Waals surface area contributed by atoms with Gasteiger partial charge in [0.15, 0.2) is 11.5 Å². The number of aliphatic carboxylic acids is 1. The van der Waals surface area contributed by atoms with Crippen molar-refractivity contribution < 1.29 is 19.4 Å². The zero-order valence-corrected chi connectivity index (χ0v) is 18.4. The minimum Gasteiger partial charge on any atom is -0.490 e. The van der Waals surface area contributed by atoms with Crippen LogP contribution >= 0.6 is 23.2 Å². The third-order valence-corrected chi connectivity index (χ3v) is 5.02. The molecule has 0 bridgehead atoms. The molecule has 0 aliphatic rings. The highest BCUT2D eigenvalue weighted by atomic mass is 35.5. The number of carboxylic acids is 1. The summed E-state index contributed by atoms with van der Waals surface area (Å²) in [6.07, 6.45) is 0.532. The number of hydrogen-bond acceptors (Lipinski definition) is 4. The standard InChI is InChI=1S/C22H27Cl2NO4/c1-4-28-20-10-16(12-25-19(22(26)27)9-14(2)3)18(24)11-21(20)29-13-15-7-5-6-8-17(15)23/h5-8,10-11,14,19,25H,4,9,12-13H2,1-3H3,(H,26,27). The van der Waals surface area contributed by atoms with E-state index in [0.29, 0.717) is 41.1 Å². The molecule has 2 rings (SSSR count). The van der Waals surface area contributed by atoms with Gasteiger partial charge in [0.2, 0.25) is 0 Å². The van der Waals surface area contributed by atoms with Crippen LogP contribution in [0.1, 0.15) is 38.3 Å². The first-order chi connectivity index (χ1) is 13.8. The molecule has 158 valence electrons. The fourth-order valence-electron chi connectivity index (χ4n) is 2.84. The Bertz CT molecular complexity index is 826. The lowest BCUT2D eigenvalue weighted by molar-refractivity contribution is -0.140. The van der Waals surface area contributed by atoms with Crippen LogP contribution in [0.4, 0.5) is 0 Å². The van der Waals surface area contributed by atoms with Crippen LogP contribution in [0.15, 0.2) is 36.4 Å². The summed E-state index contributed by atoms with van der Waals surface area (Å²) < 4.78 is 11.6. The molecule has 7 heteroatoms. The first-order valence-corrected chi connectivity index (χ1v) is 10.3. The Hall–Kier alpha value is -1.95. The molecule has 0 spiro atoms. The third kappa shape index (κ3) is 7.11. The van der Waals surface area contributed by atoms with E-state index in [1.165, 1.54) is 0 Å². The van der Waals surface area contributed by atoms with Gasteiger partial charge in [-0.05, 0) is 37.0 Å². The van der Waals surface area contributed by atoms with Crippen molar-refractivity contribution in [3.63, 3.8) is 0 Å². The van der Waals surface area contributed by atoms with Gasteiger partial charge in [0.25, 0.3) is 0 Å². The minimum absolute atomic E-state index is 0.263. The average Bonchev–Trinajstić information content (AvgIpc) is 2.66. The van der Waals surface area contributed by atoms with Crippen LogP contribution in [0, 0.1) is 5.92 Å². The lowest BCUT2D eigenvalue weighted by Gasteiger charge is -2.19. The van der Waals surface area contributed by atoms with Crippen LogP contribution in [-0.2, 0) is 17.9 Å². The summed E-state index contributed by atoms with van der Waals surface area (Å²) in [6.45, 7) is 6.91. The van der Waals surface area contributed by atoms with E-state index in [-0.39, 0.29) is 12.5 Å². The first-order valence-electron chi connectivity index (χ1n) is 9.59.